The smallest absolute Gasteiger partial charge is 0.339 e. The first-order chi connectivity index (χ1) is 17.4. The number of esters is 1. The molecule has 0 N–H and O–H groups in total. The van der Waals surface area contributed by atoms with Crippen LogP contribution in [0.5, 0.6) is 0 Å². The fourth-order valence-corrected chi connectivity index (χ4v) is 5.10. The fraction of sp³-hybridized carbons (Fsp3) is 0.333. The zero-order valence-corrected chi connectivity index (χ0v) is 22.7. The summed E-state index contributed by atoms with van der Waals surface area (Å²) in [7, 11) is 1.35. The number of fused-ring (bicyclic) bond motifs is 1. The zero-order chi connectivity index (χ0) is 27.1. The molecular formula is C30H31ClFNO4. The summed E-state index contributed by atoms with van der Waals surface area (Å²) in [6.07, 6.45) is -0.979. The van der Waals surface area contributed by atoms with Gasteiger partial charge in [0.2, 0.25) is 0 Å². The van der Waals surface area contributed by atoms with Crippen molar-refractivity contribution in [1.82, 2.24) is 4.90 Å². The molecule has 0 saturated carbocycles. The fourth-order valence-electron chi connectivity index (χ4n) is 4.97. The lowest BCUT2D eigenvalue weighted by atomic mass is 9.83. The molecule has 5 nitrogen and oxygen atoms in total. The van der Waals surface area contributed by atoms with Gasteiger partial charge in [0.1, 0.15) is 5.82 Å². The Balaban J connectivity index is 1.91. The molecule has 0 bridgehead atoms. The van der Waals surface area contributed by atoms with E-state index in [0.717, 1.165) is 33.4 Å². The summed E-state index contributed by atoms with van der Waals surface area (Å²) in [4.78, 5) is 28.1. The van der Waals surface area contributed by atoms with Crippen LogP contribution in [-0.4, -0.2) is 29.5 Å². The van der Waals surface area contributed by atoms with Crippen LogP contribution in [0.3, 0.4) is 0 Å². The number of carbonyl (C=O) groups excluding carboxylic acids is 2. The molecule has 0 aromatic heterocycles. The van der Waals surface area contributed by atoms with E-state index in [1.54, 1.807) is 23.1 Å². The highest BCUT2D eigenvalue weighted by Crippen LogP contribution is 2.44. The molecule has 0 radical (unpaired) electrons. The monoisotopic (exact) mass is 523 g/mol. The summed E-state index contributed by atoms with van der Waals surface area (Å²) in [6, 6.07) is 13.1. The van der Waals surface area contributed by atoms with Gasteiger partial charge in [-0.15, -0.1) is 0 Å². The molecule has 1 unspecified atom stereocenters. The highest BCUT2D eigenvalue weighted by atomic mass is 35.5. The Morgan fingerprint density at radius 1 is 1.00 bits per heavy atom. The molecule has 1 atom stereocenters. The largest absolute Gasteiger partial charge is 0.467 e. The third-order valence-electron chi connectivity index (χ3n) is 6.66. The van der Waals surface area contributed by atoms with Crippen LogP contribution >= 0.6 is 11.6 Å². The van der Waals surface area contributed by atoms with Gasteiger partial charge >= 0.3 is 5.97 Å². The minimum atomic E-state index is -0.979. The lowest BCUT2D eigenvalue weighted by molar-refractivity contribution is -0.164. The molecule has 0 saturated heterocycles. The molecule has 194 valence electrons. The number of carbonyl (C=O) groups is 2. The second kappa shape index (κ2) is 10.3. The van der Waals surface area contributed by atoms with E-state index in [1.807, 2.05) is 46.8 Å². The standard InChI is InChI=1S/C30H31ClFNO4/c1-17-23-15-33(28(34)20-8-7-9-22(32)14-20)16-24(23)18(2)26(25(17)19-10-12-21(31)13-11-19)27(29(35)36-6)37-30(3,4)5/h7-14,27H,15-16H2,1-6H3. The van der Waals surface area contributed by atoms with Crippen LogP contribution in [0.25, 0.3) is 11.1 Å². The van der Waals surface area contributed by atoms with Crippen LogP contribution in [-0.2, 0) is 27.4 Å². The lowest BCUT2D eigenvalue weighted by Gasteiger charge is -2.30. The van der Waals surface area contributed by atoms with Gasteiger partial charge in [-0.05, 0) is 98.3 Å². The van der Waals surface area contributed by atoms with Crippen LogP contribution < -0.4 is 0 Å². The number of benzene rings is 3. The molecule has 0 fully saturated rings. The number of amides is 1. The van der Waals surface area contributed by atoms with Gasteiger partial charge in [0, 0.05) is 29.2 Å². The first-order valence-electron chi connectivity index (χ1n) is 12.1. The van der Waals surface area contributed by atoms with Gasteiger partial charge in [-0.25, -0.2) is 9.18 Å². The third-order valence-corrected chi connectivity index (χ3v) is 6.91. The number of rotatable bonds is 5. The average Bonchev–Trinajstić information content (AvgIpc) is 3.30. The van der Waals surface area contributed by atoms with Gasteiger partial charge in [-0.3, -0.25) is 4.79 Å². The minimum absolute atomic E-state index is 0.250. The molecule has 1 aliphatic heterocycles. The maximum Gasteiger partial charge on any atom is 0.339 e. The molecule has 1 amide bonds. The highest BCUT2D eigenvalue weighted by Gasteiger charge is 2.37. The van der Waals surface area contributed by atoms with E-state index in [9.17, 15) is 14.0 Å². The van der Waals surface area contributed by atoms with E-state index >= 15 is 0 Å². The summed E-state index contributed by atoms with van der Waals surface area (Å²) >= 11 is 6.18. The van der Waals surface area contributed by atoms with Crippen molar-refractivity contribution in [2.75, 3.05) is 7.11 Å². The zero-order valence-electron chi connectivity index (χ0n) is 21.9. The van der Waals surface area contributed by atoms with E-state index in [0.29, 0.717) is 29.2 Å². The first-order valence-corrected chi connectivity index (χ1v) is 12.5. The van der Waals surface area contributed by atoms with Crippen LogP contribution in [0.4, 0.5) is 4.39 Å². The number of hydrogen-bond donors (Lipinski definition) is 0. The summed E-state index contributed by atoms with van der Waals surface area (Å²) in [5, 5.41) is 0.600. The Bertz CT molecular complexity index is 1360. The van der Waals surface area contributed by atoms with Crippen molar-refractivity contribution in [1.29, 1.82) is 0 Å². The predicted molar refractivity (Wildman–Crippen MR) is 142 cm³/mol. The average molecular weight is 524 g/mol. The molecule has 1 heterocycles. The van der Waals surface area contributed by atoms with Crippen molar-refractivity contribution >= 4 is 23.5 Å². The van der Waals surface area contributed by atoms with E-state index in [1.165, 1.54) is 25.3 Å². The number of hydrogen-bond acceptors (Lipinski definition) is 4. The van der Waals surface area contributed by atoms with Crippen molar-refractivity contribution in [2.24, 2.45) is 0 Å². The molecule has 1 aliphatic rings. The number of ether oxygens (including phenoxy) is 2. The number of methoxy groups -OCH3 is 1. The molecule has 0 spiro atoms. The number of halogens is 2. The van der Waals surface area contributed by atoms with Crippen molar-refractivity contribution < 1.29 is 23.5 Å². The Kier molecular flexibility index (Phi) is 7.45. The summed E-state index contributed by atoms with van der Waals surface area (Å²) in [5.74, 6) is -1.21. The quantitative estimate of drug-likeness (QED) is 0.340. The van der Waals surface area contributed by atoms with Gasteiger partial charge in [0.15, 0.2) is 6.10 Å². The van der Waals surface area contributed by atoms with E-state index in [4.69, 9.17) is 21.1 Å². The van der Waals surface area contributed by atoms with Crippen molar-refractivity contribution in [3.05, 3.63) is 92.8 Å². The lowest BCUT2D eigenvalue weighted by Crippen LogP contribution is -2.29. The Labute approximate surface area is 222 Å². The summed E-state index contributed by atoms with van der Waals surface area (Å²) in [5.41, 5.74) is 5.88. The molecule has 4 rings (SSSR count). The Hall–Kier alpha value is -3.22. The molecule has 37 heavy (non-hydrogen) atoms. The minimum Gasteiger partial charge on any atom is -0.467 e. The van der Waals surface area contributed by atoms with E-state index in [2.05, 4.69) is 0 Å². The molecular weight excluding hydrogens is 493 g/mol. The van der Waals surface area contributed by atoms with Crippen LogP contribution in [0, 0.1) is 19.7 Å². The Morgan fingerprint density at radius 2 is 1.62 bits per heavy atom. The second-order valence-corrected chi connectivity index (χ2v) is 10.7. The number of nitrogens with zero attached hydrogens (tertiary/aromatic N) is 1. The second-order valence-electron chi connectivity index (χ2n) is 10.3. The van der Waals surface area contributed by atoms with E-state index < -0.39 is 23.5 Å². The predicted octanol–water partition coefficient (Wildman–Crippen LogP) is 6.95. The van der Waals surface area contributed by atoms with Crippen molar-refractivity contribution in [2.45, 2.75) is 59.4 Å². The maximum atomic E-state index is 13.8. The SMILES string of the molecule is COC(=O)C(OC(C)(C)C)c1c(C)c2c(c(C)c1-c1ccc(Cl)cc1)CN(C(=O)c1cccc(F)c1)C2. The third kappa shape index (κ3) is 5.41. The Morgan fingerprint density at radius 3 is 2.19 bits per heavy atom. The van der Waals surface area contributed by atoms with Crippen LogP contribution in [0.15, 0.2) is 48.5 Å². The topological polar surface area (TPSA) is 55.8 Å². The van der Waals surface area contributed by atoms with Crippen molar-refractivity contribution in [3.63, 3.8) is 0 Å². The van der Waals surface area contributed by atoms with Gasteiger partial charge in [0.25, 0.3) is 5.91 Å². The molecule has 0 aliphatic carbocycles. The summed E-state index contributed by atoms with van der Waals surface area (Å²) < 4.78 is 25.3. The highest BCUT2D eigenvalue weighted by molar-refractivity contribution is 6.30. The van der Waals surface area contributed by atoms with Gasteiger partial charge in [0.05, 0.1) is 12.7 Å². The summed E-state index contributed by atoms with van der Waals surface area (Å²) in [6.45, 7) is 10.3. The molecule has 3 aromatic rings. The molecule has 7 heteroatoms. The van der Waals surface area contributed by atoms with Crippen molar-refractivity contribution in [3.8, 4) is 11.1 Å². The van der Waals surface area contributed by atoms with Crippen LogP contribution in [0.1, 0.15) is 65.1 Å². The van der Waals surface area contributed by atoms with Crippen LogP contribution in [0.2, 0.25) is 5.02 Å². The van der Waals surface area contributed by atoms with E-state index in [-0.39, 0.29) is 5.91 Å². The normalized spacial score (nSPS) is 13.9. The van der Waals surface area contributed by atoms with Gasteiger partial charge in [-0.2, -0.15) is 0 Å². The van der Waals surface area contributed by atoms with Gasteiger partial charge in [-0.1, -0.05) is 29.8 Å². The van der Waals surface area contributed by atoms with Gasteiger partial charge < -0.3 is 14.4 Å². The molecule has 3 aromatic carbocycles. The first kappa shape index (κ1) is 26.8. The maximum absolute atomic E-state index is 13.8.